The second kappa shape index (κ2) is 8.43. The monoisotopic (exact) mass is 280 g/mol. The highest BCUT2D eigenvalue weighted by Crippen LogP contribution is 2.10. The first-order valence-corrected chi connectivity index (χ1v) is 6.89. The van der Waals surface area contributed by atoms with Crippen LogP contribution in [0.1, 0.15) is 25.8 Å². The number of aliphatic hydroxyl groups excluding tert-OH is 1. The van der Waals surface area contributed by atoms with Gasteiger partial charge >= 0.3 is 6.03 Å². The number of urea groups is 1. The molecule has 0 fully saturated rings. The molecule has 5 heteroatoms. The molecule has 20 heavy (non-hydrogen) atoms. The van der Waals surface area contributed by atoms with Crippen molar-refractivity contribution in [3.8, 4) is 5.75 Å². The Bertz CT molecular complexity index is 406. The van der Waals surface area contributed by atoms with E-state index in [0.717, 1.165) is 17.7 Å². The van der Waals surface area contributed by atoms with Gasteiger partial charge in [-0.2, -0.15) is 0 Å². The lowest BCUT2D eigenvalue weighted by Crippen LogP contribution is -2.41. The smallest absolute Gasteiger partial charge is 0.315 e. The molecule has 0 saturated heterocycles. The maximum atomic E-state index is 11.6. The summed E-state index contributed by atoms with van der Waals surface area (Å²) in [6.07, 6.45) is 0.378. The molecule has 2 unspecified atom stereocenters. The van der Waals surface area contributed by atoms with Gasteiger partial charge < -0.3 is 20.5 Å². The molecule has 0 bridgehead atoms. The molecule has 0 aromatic heterocycles. The van der Waals surface area contributed by atoms with Gasteiger partial charge in [-0.3, -0.25) is 0 Å². The van der Waals surface area contributed by atoms with Gasteiger partial charge in [-0.05, 0) is 23.6 Å². The molecule has 112 valence electrons. The van der Waals surface area contributed by atoms with Crippen LogP contribution in [0.25, 0.3) is 0 Å². The van der Waals surface area contributed by atoms with Crippen LogP contribution < -0.4 is 15.4 Å². The van der Waals surface area contributed by atoms with Gasteiger partial charge in [0.05, 0.1) is 13.2 Å². The number of benzene rings is 1. The summed E-state index contributed by atoms with van der Waals surface area (Å²) in [6.45, 7) is 4.68. The van der Waals surface area contributed by atoms with E-state index in [-0.39, 0.29) is 18.5 Å². The van der Waals surface area contributed by atoms with Crippen molar-refractivity contribution >= 4 is 6.03 Å². The Labute approximate surface area is 120 Å². The van der Waals surface area contributed by atoms with E-state index < -0.39 is 6.10 Å². The maximum absolute atomic E-state index is 11.6. The molecule has 0 heterocycles. The van der Waals surface area contributed by atoms with E-state index in [9.17, 15) is 9.90 Å². The Morgan fingerprint density at radius 3 is 2.50 bits per heavy atom. The summed E-state index contributed by atoms with van der Waals surface area (Å²) < 4.78 is 5.07. The second-order valence-electron chi connectivity index (χ2n) is 4.86. The number of hydrogen-bond acceptors (Lipinski definition) is 3. The Morgan fingerprint density at radius 2 is 1.95 bits per heavy atom. The summed E-state index contributed by atoms with van der Waals surface area (Å²) in [5, 5.41) is 15.2. The molecule has 0 aliphatic rings. The van der Waals surface area contributed by atoms with E-state index in [4.69, 9.17) is 4.74 Å². The largest absolute Gasteiger partial charge is 0.497 e. The van der Waals surface area contributed by atoms with Crippen molar-refractivity contribution in [1.29, 1.82) is 0 Å². The maximum Gasteiger partial charge on any atom is 0.315 e. The Kier molecular flexibility index (Phi) is 6.87. The normalized spacial score (nSPS) is 13.4. The topological polar surface area (TPSA) is 70.6 Å². The highest BCUT2D eigenvalue weighted by Gasteiger charge is 2.12. The van der Waals surface area contributed by atoms with Crippen LogP contribution in [-0.2, 0) is 6.54 Å². The van der Waals surface area contributed by atoms with E-state index in [1.165, 1.54) is 0 Å². The molecule has 1 aromatic rings. The van der Waals surface area contributed by atoms with Crippen molar-refractivity contribution < 1.29 is 14.6 Å². The van der Waals surface area contributed by atoms with E-state index in [1.54, 1.807) is 7.11 Å². The number of carbonyl (C=O) groups is 1. The van der Waals surface area contributed by atoms with Gasteiger partial charge in [0, 0.05) is 13.1 Å². The minimum Gasteiger partial charge on any atom is -0.497 e. The van der Waals surface area contributed by atoms with Gasteiger partial charge in [-0.1, -0.05) is 32.4 Å². The van der Waals surface area contributed by atoms with Gasteiger partial charge in [0.2, 0.25) is 0 Å². The SMILES string of the molecule is CCC(C)C(O)CNC(=O)NCc1ccc(OC)cc1. The summed E-state index contributed by atoms with van der Waals surface area (Å²) >= 11 is 0. The number of methoxy groups -OCH3 is 1. The second-order valence-corrected chi connectivity index (χ2v) is 4.86. The highest BCUT2D eigenvalue weighted by molar-refractivity contribution is 5.73. The molecule has 3 N–H and O–H groups in total. The first-order chi connectivity index (χ1) is 9.56. The lowest BCUT2D eigenvalue weighted by atomic mass is 10.0. The number of aliphatic hydroxyl groups is 1. The molecule has 5 nitrogen and oxygen atoms in total. The molecule has 2 atom stereocenters. The van der Waals surface area contributed by atoms with Gasteiger partial charge in [-0.15, -0.1) is 0 Å². The predicted molar refractivity (Wildman–Crippen MR) is 78.7 cm³/mol. The average molecular weight is 280 g/mol. The third kappa shape index (κ3) is 5.48. The van der Waals surface area contributed by atoms with E-state index in [2.05, 4.69) is 10.6 Å². The van der Waals surface area contributed by atoms with E-state index in [1.807, 2.05) is 38.1 Å². The Balaban J connectivity index is 2.28. The quantitative estimate of drug-likeness (QED) is 0.714. The zero-order chi connectivity index (χ0) is 15.0. The Hall–Kier alpha value is -1.75. The molecule has 0 spiro atoms. The molecule has 1 rings (SSSR count). The van der Waals surface area contributed by atoms with Crippen LogP contribution >= 0.6 is 0 Å². The van der Waals surface area contributed by atoms with Crippen molar-refractivity contribution in [3.05, 3.63) is 29.8 Å². The third-order valence-corrected chi connectivity index (χ3v) is 3.38. The average Bonchev–Trinajstić information content (AvgIpc) is 2.50. The van der Waals surface area contributed by atoms with E-state index in [0.29, 0.717) is 6.54 Å². The molecular formula is C15H24N2O3. The molecule has 0 aliphatic heterocycles. The van der Waals surface area contributed by atoms with Gasteiger partial charge in [0.1, 0.15) is 5.75 Å². The zero-order valence-electron chi connectivity index (χ0n) is 12.3. The van der Waals surface area contributed by atoms with Crippen molar-refractivity contribution in [2.24, 2.45) is 5.92 Å². The van der Waals surface area contributed by atoms with Crippen LogP contribution in [0.5, 0.6) is 5.75 Å². The summed E-state index contributed by atoms with van der Waals surface area (Å²) in [7, 11) is 1.61. The van der Waals surface area contributed by atoms with E-state index >= 15 is 0 Å². The van der Waals surface area contributed by atoms with Crippen molar-refractivity contribution in [3.63, 3.8) is 0 Å². The van der Waals surface area contributed by atoms with Crippen molar-refractivity contribution in [2.75, 3.05) is 13.7 Å². The Morgan fingerprint density at radius 1 is 1.30 bits per heavy atom. The third-order valence-electron chi connectivity index (χ3n) is 3.38. The highest BCUT2D eigenvalue weighted by atomic mass is 16.5. The molecular weight excluding hydrogens is 256 g/mol. The lowest BCUT2D eigenvalue weighted by Gasteiger charge is -2.17. The summed E-state index contributed by atoms with van der Waals surface area (Å²) in [6, 6.07) is 7.21. The van der Waals surface area contributed by atoms with Crippen LogP contribution in [0.4, 0.5) is 4.79 Å². The fraction of sp³-hybridized carbons (Fsp3) is 0.533. The fourth-order valence-electron chi connectivity index (χ4n) is 1.66. The summed E-state index contributed by atoms with van der Waals surface area (Å²) in [5.74, 6) is 0.965. The first kappa shape index (κ1) is 16.3. The fourth-order valence-corrected chi connectivity index (χ4v) is 1.66. The van der Waals surface area contributed by atoms with Crippen molar-refractivity contribution in [1.82, 2.24) is 10.6 Å². The molecule has 0 radical (unpaired) electrons. The van der Waals surface area contributed by atoms with Gasteiger partial charge in [-0.25, -0.2) is 4.79 Å². The van der Waals surface area contributed by atoms with Crippen LogP contribution in [0, 0.1) is 5.92 Å². The predicted octanol–water partition coefficient (Wildman–Crippen LogP) is 1.90. The number of nitrogens with one attached hydrogen (secondary N) is 2. The van der Waals surface area contributed by atoms with Gasteiger partial charge in [0.25, 0.3) is 0 Å². The minimum absolute atomic E-state index is 0.178. The molecule has 2 amide bonds. The zero-order valence-corrected chi connectivity index (χ0v) is 12.3. The van der Waals surface area contributed by atoms with Crippen molar-refractivity contribution in [2.45, 2.75) is 32.9 Å². The number of amides is 2. The minimum atomic E-state index is -0.508. The standard InChI is InChI=1S/C15H24N2O3/c1-4-11(2)14(18)10-17-15(19)16-9-12-5-7-13(20-3)8-6-12/h5-8,11,14,18H,4,9-10H2,1-3H3,(H2,16,17,19). The lowest BCUT2D eigenvalue weighted by molar-refractivity contribution is 0.114. The van der Waals surface area contributed by atoms with Crippen LogP contribution in [0.15, 0.2) is 24.3 Å². The summed E-state index contributed by atoms with van der Waals surface area (Å²) in [5.41, 5.74) is 0.989. The number of carbonyl (C=O) groups excluding carboxylic acids is 1. The molecule has 1 aromatic carbocycles. The number of hydrogen-bond donors (Lipinski definition) is 3. The van der Waals surface area contributed by atoms with Crippen LogP contribution in [0.2, 0.25) is 0 Å². The first-order valence-electron chi connectivity index (χ1n) is 6.89. The van der Waals surface area contributed by atoms with Crippen LogP contribution in [0.3, 0.4) is 0 Å². The number of ether oxygens (including phenoxy) is 1. The number of rotatable bonds is 7. The van der Waals surface area contributed by atoms with Crippen LogP contribution in [-0.4, -0.2) is 30.9 Å². The van der Waals surface area contributed by atoms with Gasteiger partial charge in [0.15, 0.2) is 0 Å². The molecule has 0 saturated carbocycles. The molecule has 0 aliphatic carbocycles. The summed E-state index contributed by atoms with van der Waals surface area (Å²) in [4.78, 5) is 11.6.